The molecule has 0 unspecified atom stereocenters. The standard InChI is InChI=1S/C23H29ClN4O3/c1-3-5-12-25-23(31)16-8-6-9-17(13-16)28-22(30)15-26-20-14-18(10-11-19(20)24)27-21(29)7-4-2/h6,8-11,13-14,26H,3-5,7,12,15H2,1-2H3,(H,25,31)(H,27,29)(H,28,30). The van der Waals surface area contributed by atoms with Gasteiger partial charge in [0.05, 0.1) is 17.3 Å². The van der Waals surface area contributed by atoms with Crippen molar-refractivity contribution in [3.63, 3.8) is 0 Å². The van der Waals surface area contributed by atoms with Crippen LogP contribution in [-0.4, -0.2) is 30.8 Å². The second-order valence-corrected chi connectivity index (χ2v) is 7.49. The highest BCUT2D eigenvalue weighted by Gasteiger charge is 2.09. The zero-order chi connectivity index (χ0) is 22.6. The Morgan fingerprint density at radius 1 is 0.903 bits per heavy atom. The molecule has 0 heterocycles. The van der Waals surface area contributed by atoms with Gasteiger partial charge in [-0.2, -0.15) is 0 Å². The van der Waals surface area contributed by atoms with Crippen molar-refractivity contribution in [3.8, 4) is 0 Å². The molecule has 0 aliphatic rings. The number of benzene rings is 2. The lowest BCUT2D eigenvalue weighted by molar-refractivity contribution is -0.116. The second-order valence-electron chi connectivity index (χ2n) is 7.08. The number of hydrogen-bond donors (Lipinski definition) is 4. The van der Waals surface area contributed by atoms with Crippen molar-refractivity contribution in [2.24, 2.45) is 0 Å². The van der Waals surface area contributed by atoms with Crippen molar-refractivity contribution >= 4 is 46.4 Å². The van der Waals surface area contributed by atoms with E-state index in [4.69, 9.17) is 11.6 Å². The van der Waals surface area contributed by atoms with E-state index in [9.17, 15) is 14.4 Å². The van der Waals surface area contributed by atoms with Crippen LogP contribution in [0.5, 0.6) is 0 Å². The van der Waals surface area contributed by atoms with Gasteiger partial charge in [-0.25, -0.2) is 0 Å². The number of rotatable bonds is 11. The molecule has 0 aliphatic heterocycles. The lowest BCUT2D eigenvalue weighted by atomic mass is 10.2. The average molecular weight is 445 g/mol. The van der Waals surface area contributed by atoms with E-state index < -0.39 is 0 Å². The summed E-state index contributed by atoms with van der Waals surface area (Å²) < 4.78 is 0. The molecule has 0 fully saturated rings. The maximum Gasteiger partial charge on any atom is 0.251 e. The van der Waals surface area contributed by atoms with Crippen LogP contribution in [0.25, 0.3) is 0 Å². The minimum absolute atomic E-state index is 0.0288. The number of nitrogens with one attached hydrogen (secondary N) is 4. The van der Waals surface area contributed by atoms with Crippen LogP contribution >= 0.6 is 11.6 Å². The molecule has 4 N–H and O–H groups in total. The van der Waals surface area contributed by atoms with Crippen LogP contribution in [0, 0.1) is 0 Å². The molecule has 0 spiro atoms. The number of carbonyl (C=O) groups excluding carboxylic acids is 3. The third-order valence-corrected chi connectivity index (χ3v) is 4.72. The van der Waals surface area contributed by atoms with Crippen LogP contribution in [0.4, 0.5) is 17.1 Å². The molecule has 7 nitrogen and oxygen atoms in total. The van der Waals surface area contributed by atoms with E-state index in [1.165, 1.54) is 0 Å². The van der Waals surface area contributed by atoms with E-state index in [-0.39, 0.29) is 24.3 Å². The lowest BCUT2D eigenvalue weighted by Crippen LogP contribution is -2.25. The minimum atomic E-state index is -0.292. The summed E-state index contributed by atoms with van der Waals surface area (Å²) in [4.78, 5) is 36.3. The van der Waals surface area contributed by atoms with Gasteiger partial charge in [-0.15, -0.1) is 0 Å². The van der Waals surface area contributed by atoms with Crippen LogP contribution in [0.1, 0.15) is 49.9 Å². The summed E-state index contributed by atoms with van der Waals surface area (Å²) in [5, 5.41) is 11.8. The molecule has 2 aromatic rings. The van der Waals surface area contributed by atoms with Crippen LogP contribution in [0.3, 0.4) is 0 Å². The number of carbonyl (C=O) groups is 3. The predicted molar refractivity (Wildman–Crippen MR) is 126 cm³/mol. The third-order valence-electron chi connectivity index (χ3n) is 4.39. The first-order valence-corrected chi connectivity index (χ1v) is 10.8. The van der Waals surface area contributed by atoms with Gasteiger partial charge < -0.3 is 21.3 Å². The molecule has 8 heteroatoms. The highest BCUT2D eigenvalue weighted by molar-refractivity contribution is 6.33. The Kier molecular flexibility index (Phi) is 9.84. The van der Waals surface area contributed by atoms with Gasteiger partial charge in [0, 0.05) is 29.9 Å². The highest BCUT2D eigenvalue weighted by Crippen LogP contribution is 2.25. The average Bonchev–Trinajstić information content (AvgIpc) is 2.74. The molecule has 0 saturated heterocycles. The van der Waals surface area contributed by atoms with Crippen molar-refractivity contribution in [2.45, 2.75) is 39.5 Å². The van der Waals surface area contributed by atoms with E-state index in [1.54, 1.807) is 42.5 Å². The Balaban J connectivity index is 1.93. The molecule has 0 bridgehead atoms. The first kappa shape index (κ1) is 24.2. The quantitative estimate of drug-likeness (QED) is 0.379. The first-order chi connectivity index (χ1) is 14.9. The first-order valence-electron chi connectivity index (χ1n) is 10.4. The van der Waals surface area contributed by atoms with Crippen molar-refractivity contribution in [1.29, 1.82) is 0 Å². The Labute approximate surface area is 187 Å². The minimum Gasteiger partial charge on any atom is -0.375 e. The molecule has 0 aliphatic carbocycles. The molecule has 3 amide bonds. The van der Waals surface area contributed by atoms with E-state index in [2.05, 4.69) is 28.2 Å². The number of anilines is 3. The van der Waals surface area contributed by atoms with E-state index in [0.29, 0.717) is 40.6 Å². The highest BCUT2D eigenvalue weighted by atomic mass is 35.5. The number of unbranched alkanes of at least 4 members (excludes halogenated alkanes) is 1. The van der Waals surface area contributed by atoms with Crippen LogP contribution in [0.15, 0.2) is 42.5 Å². The SMILES string of the molecule is CCCCNC(=O)c1cccc(NC(=O)CNc2cc(NC(=O)CCC)ccc2Cl)c1. The van der Waals surface area contributed by atoms with Gasteiger partial charge in [0.25, 0.3) is 5.91 Å². The Bertz CT molecular complexity index is 917. The molecular weight excluding hydrogens is 416 g/mol. The Morgan fingerprint density at radius 2 is 1.65 bits per heavy atom. The maximum absolute atomic E-state index is 12.4. The van der Waals surface area contributed by atoms with Gasteiger partial charge in [0.15, 0.2) is 0 Å². The van der Waals surface area contributed by atoms with Crippen LogP contribution < -0.4 is 21.3 Å². The van der Waals surface area contributed by atoms with E-state index in [1.807, 2.05) is 6.92 Å². The number of halogens is 1. The molecular formula is C23H29ClN4O3. The lowest BCUT2D eigenvalue weighted by Gasteiger charge is -2.12. The second kappa shape index (κ2) is 12.6. The van der Waals surface area contributed by atoms with Gasteiger partial charge >= 0.3 is 0 Å². The van der Waals surface area contributed by atoms with Gasteiger partial charge in [0.1, 0.15) is 0 Å². The molecule has 31 heavy (non-hydrogen) atoms. The van der Waals surface area contributed by atoms with Gasteiger partial charge in [0.2, 0.25) is 11.8 Å². The smallest absolute Gasteiger partial charge is 0.251 e. The summed E-state index contributed by atoms with van der Waals surface area (Å²) in [5.41, 5.74) is 2.16. The zero-order valence-corrected chi connectivity index (χ0v) is 18.6. The fourth-order valence-electron chi connectivity index (χ4n) is 2.79. The molecule has 2 aromatic carbocycles. The fraction of sp³-hybridized carbons (Fsp3) is 0.348. The summed E-state index contributed by atoms with van der Waals surface area (Å²) in [5.74, 6) is -0.538. The number of hydrogen-bond acceptors (Lipinski definition) is 4. The Hall–Kier alpha value is -3.06. The van der Waals surface area contributed by atoms with Crippen molar-refractivity contribution in [3.05, 3.63) is 53.1 Å². The summed E-state index contributed by atoms with van der Waals surface area (Å²) in [7, 11) is 0. The molecule has 166 valence electrons. The maximum atomic E-state index is 12.4. The molecule has 2 rings (SSSR count). The fourth-order valence-corrected chi connectivity index (χ4v) is 2.97. The molecule has 0 radical (unpaired) electrons. The topological polar surface area (TPSA) is 99.3 Å². The summed E-state index contributed by atoms with van der Waals surface area (Å²) in [6.07, 6.45) is 3.11. The van der Waals surface area contributed by atoms with Gasteiger partial charge in [-0.3, -0.25) is 14.4 Å². The van der Waals surface area contributed by atoms with E-state index >= 15 is 0 Å². The molecule has 0 saturated carbocycles. The van der Waals surface area contributed by atoms with Crippen molar-refractivity contribution < 1.29 is 14.4 Å². The van der Waals surface area contributed by atoms with Crippen LogP contribution in [-0.2, 0) is 9.59 Å². The largest absolute Gasteiger partial charge is 0.375 e. The van der Waals surface area contributed by atoms with Crippen molar-refractivity contribution in [2.75, 3.05) is 29.0 Å². The molecule has 0 aromatic heterocycles. The number of amides is 3. The molecule has 0 atom stereocenters. The third kappa shape index (κ3) is 8.30. The summed E-state index contributed by atoms with van der Waals surface area (Å²) in [6, 6.07) is 11.8. The Morgan fingerprint density at radius 3 is 2.39 bits per heavy atom. The predicted octanol–water partition coefficient (Wildman–Crippen LogP) is 4.66. The van der Waals surface area contributed by atoms with Crippen molar-refractivity contribution in [1.82, 2.24) is 5.32 Å². The van der Waals surface area contributed by atoms with E-state index in [0.717, 1.165) is 19.3 Å². The summed E-state index contributed by atoms with van der Waals surface area (Å²) >= 11 is 6.19. The van der Waals surface area contributed by atoms with Gasteiger partial charge in [-0.05, 0) is 49.2 Å². The normalized spacial score (nSPS) is 10.3. The van der Waals surface area contributed by atoms with Gasteiger partial charge in [-0.1, -0.05) is 37.9 Å². The zero-order valence-electron chi connectivity index (χ0n) is 17.9. The monoisotopic (exact) mass is 444 g/mol. The summed E-state index contributed by atoms with van der Waals surface area (Å²) in [6.45, 7) is 4.58. The van der Waals surface area contributed by atoms with Crippen LogP contribution in [0.2, 0.25) is 5.02 Å².